The molecule has 2 aromatic rings. The number of carbonyl (C=O) groups is 1. The third-order valence-corrected chi connectivity index (χ3v) is 3.65. The molecule has 2 rings (SSSR count). The maximum Gasteiger partial charge on any atom is 0.258 e. The molecule has 0 aliphatic rings. The van der Waals surface area contributed by atoms with Crippen LogP contribution < -0.4 is 14.8 Å². The van der Waals surface area contributed by atoms with Gasteiger partial charge in [0.15, 0.2) is 6.61 Å². The number of halogens is 4. The molecule has 0 heterocycles. The fourth-order valence-corrected chi connectivity index (χ4v) is 2.42. The van der Waals surface area contributed by atoms with Gasteiger partial charge in [0, 0.05) is 5.02 Å². The lowest BCUT2D eigenvalue weighted by atomic mass is 10.3. The van der Waals surface area contributed by atoms with Gasteiger partial charge < -0.3 is 14.8 Å². The second kappa shape index (κ2) is 8.97. The highest BCUT2D eigenvalue weighted by Gasteiger charge is 2.07. The largest absolute Gasteiger partial charge is 0.490 e. The van der Waals surface area contributed by atoms with Crippen LogP contribution in [0.2, 0.25) is 15.1 Å². The Balaban J connectivity index is 1.69. The summed E-state index contributed by atoms with van der Waals surface area (Å²) < 4.78 is 23.5. The molecule has 1 amide bonds. The molecule has 128 valence electrons. The lowest BCUT2D eigenvalue weighted by Gasteiger charge is -2.10. The molecule has 0 fully saturated rings. The molecule has 24 heavy (non-hydrogen) atoms. The van der Waals surface area contributed by atoms with Gasteiger partial charge in [-0.1, -0.05) is 34.8 Å². The maximum absolute atomic E-state index is 12.9. The SMILES string of the molecule is O=C(COc1ccc(Cl)cc1Cl)NCCOc1ccc(F)cc1Cl. The summed E-state index contributed by atoms with van der Waals surface area (Å²) in [7, 11) is 0. The van der Waals surface area contributed by atoms with Crippen molar-refractivity contribution < 1.29 is 18.7 Å². The average molecular weight is 393 g/mol. The summed E-state index contributed by atoms with van der Waals surface area (Å²) in [5.41, 5.74) is 0. The van der Waals surface area contributed by atoms with Crippen LogP contribution in [-0.4, -0.2) is 25.7 Å². The lowest BCUT2D eigenvalue weighted by molar-refractivity contribution is -0.123. The summed E-state index contributed by atoms with van der Waals surface area (Å²) in [4.78, 5) is 11.7. The van der Waals surface area contributed by atoms with Gasteiger partial charge in [0.05, 0.1) is 16.6 Å². The predicted octanol–water partition coefficient (Wildman–Crippen LogP) is 4.36. The minimum atomic E-state index is -0.446. The first-order chi connectivity index (χ1) is 11.5. The van der Waals surface area contributed by atoms with Gasteiger partial charge in [-0.3, -0.25) is 4.79 Å². The van der Waals surface area contributed by atoms with Gasteiger partial charge in [0.2, 0.25) is 0 Å². The zero-order valence-corrected chi connectivity index (χ0v) is 14.6. The minimum absolute atomic E-state index is 0.169. The van der Waals surface area contributed by atoms with E-state index in [2.05, 4.69) is 5.32 Å². The lowest BCUT2D eigenvalue weighted by Crippen LogP contribution is -2.32. The van der Waals surface area contributed by atoms with Crippen LogP contribution in [0.1, 0.15) is 0 Å². The van der Waals surface area contributed by atoms with E-state index in [1.807, 2.05) is 0 Å². The number of hydrogen-bond acceptors (Lipinski definition) is 3. The van der Waals surface area contributed by atoms with Crippen LogP contribution in [-0.2, 0) is 4.79 Å². The van der Waals surface area contributed by atoms with Crippen molar-refractivity contribution in [3.63, 3.8) is 0 Å². The van der Waals surface area contributed by atoms with Crippen molar-refractivity contribution in [1.29, 1.82) is 0 Å². The van der Waals surface area contributed by atoms with E-state index in [0.29, 0.717) is 21.5 Å². The first kappa shape index (κ1) is 18.6. The fourth-order valence-electron chi connectivity index (χ4n) is 1.73. The minimum Gasteiger partial charge on any atom is -0.490 e. The molecule has 0 atom stereocenters. The Bertz CT molecular complexity index is 728. The first-order valence-corrected chi connectivity index (χ1v) is 8.01. The first-order valence-electron chi connectivity index (χ1n) is 6.88. The van der Waals surface area contributed by atoms with Crippen LogP contribution in [0.15, 0.2) is 36.4 Å². The second-order valence-corrected chi connectivity index (χ2v) is 5.89. The number of nitrogens with one attached hydrogen (secondary N) is 1. The van der Waals surface area contributed by atoms with Crippen LogP contribution in [0.25, 0.3) is 0 Å². The quantitative estimate of drug-likeness (QED) is 0.712. The van der Waals surface area contributed by atoms with E-state index in [0.717, 1.165) is 6.07 Å². The summed E-state index contributed by atoms with van der Waals surface area (Å²) in [6, 6.07) is 8.53. The number of amides is 1. The van der Waals surface area contributed by atoms with Gasteiger partial charge in [0.25, 0.3) is 5.91 Å². The Morgan fingerprint density at radius 1 is 1.00 bits per heavy atom. The zero-order valence-electron chi connectivity index (χ0n) is 12.3. The highest BCUT2D eigenvalue weighted by atomic mass is 35.5. The molecule has 0 unspecified atom stereocenters. The Hall–Kier alpha value is -1.69. The van der Waals surface area contributed by atoms with Gasteiger partial charge in [-0.25, -0.2) is 4.39 Å². The zero-order chi connectivity index (χ0) is 17.5. The van der Waals surface area contributed by atoms with Crippen LogP contribution in [0.3, 0.4) is 0 Å². The van der Waals surface area contributed by atoms with Crippen molar-refractivity contribution in [3.8, 4) is 11.5 Å². The standard InChI is InChI=1S/C16H13Cl3FNO3/c17-10-1-3-15(12(18)7-10)24-9-16(22)21-5-6-23-14-4-2-11(20)8-13(14)19/h1-4,7-8H,5-6,9H2,(H,21,22). The van der Waals surface area contributed by atoms with E-state index in [-0.39, 0.29) is 30.7 Å². The normalized spacial score (nSPS) is 10.3. The summed E-state index contributed by atoms with van der Waals surface area (Å²) >= 11 is 17.5. The van der Waals surface area contributed by atoms with Gasteiger partial charge in [-0.15, -0.1) is 0 Å². The molecule has 2 aromatic carbocycles. The Morgan fingerprint density at radius 3 is 2.38 bits per heavy atom. The van der Waals surface area contributed by atoms with Crippen molar-refractivity contribution in [3.05, 3.63) is 57.3 Å². The van der Waals surface area contributed by atoms with Crippen LogP contribution >= 0.6 is 34.8 Å². The molecular weight excluding hydrogens is 380 g/mol. The Kier molecular flexibility index (Phi) is 6.97. The summed E-state index contributed by atoms with van der Waals surface area (Å²) in [6.45, 7) is 0.224. The van der Waals surface area contributed by atoms with Crippen molar-refractivity contribution in [2.24, 2.45) is 0 Å². The number of rotatable bonds is 7. The molecule has 0 spiro atoms. The maximum atomic E-state index is 12.9. The van der Waals surface area contributed by atoms with Crippen LogP contribution in [0, 0.1) is 5.82 Å². The molecule has 8 heteroatoms. The smallest absolute Gasteiger partial charge is 0.258 e. The average Bonchev–Trinajstić information content (AvgIpc) is 2.52. The molecule has 4 nitrogen and oxygen atoms in total. The van der Waals surface area contributed by atoms with E-state index in [4.69, 9.17) is 44.3 Å². The summed E-state index contributed by atoms with van der Waals surface area (Å²) in [5.74, 6) is -0.0736. The predicted molar refractivity (Wildman–Crippen MR) is 91.9 cm³/mol. The third kappa shape index (κ3) is 5.74. The van der Waals surface area contributed by atoms with E-state index in [1.54, 1.807) is 12.1 Å². The van der Waals surface area contributed by atoms with E-state index >= 15 is 0 Å². The van der Waals surface area contributed by atoms with Gasteiger partial charge in [-0.05, 0) is 36.4 Å². The van der Waals surface area contributed by atoms with Gasteiger partial charge >= 0.3 is 0 Å². The molecule has 0 bridgehead atoms. The van der Waals surface area contributed by atoms with Crippen molar-refractivity contribution in [2.45, 2.75) is 0 Å². The van der Waals surface area contributed by atoms with Crippen molar-refractivity contribution >= 4 is 40.7 Å². The van der Waals surface area contributed by atoms with E-state index < -0.39 is 5.82 Å². The molecule has 0 radical (unpaired) electrons. The van der Waals surface area contributed by atoms with Crippen LogP contribution in [0.4, 0.5) is 4.39 Å². The molecule has 0 saturated heterocycles. The molecular formula is C16H13Cl3FNO3. The van der Waals surface area contributed by atoms with Crippen molar-refractivity contribution in [1.82, 2.24) is 5.32 Å². The molecule has 0 saturated carbocycles. The van der Waals surface area contributed by atoms with Gasteiger partial charge in [-0.2, -0.15) is 0 Å². The van der Waals surface area contributed by atoms with Crippen molar-refractivity contribution in [2.75, 3.05) is 19.8 Å². The molecule has 0 aliphatic heterocycles. The van der Waals surface area contributed by atoms with Crippen LogP contribution in [0.5, 0.6) is 11.5 Å². The highest BCUT2D eigenvalue weighted by molar-refractivity contribution is 6.35. The Morgan fingerprint density at radius 2 is 1.67 bits per heavy atom. The Labute approximate surface area is 153 Å². The number of hydrogen-bond donors (Lipinski definition) is 1. The monoisotopic (exact) mass is 391 g/mol. The third-order valence-electron chi connectivity index (χ3n) is 2.83. The molecule has 0 aromatic heterocycles. The fraction of sp³-hybridized carbons (Fsp3) is 0.188. The van der Waals surface area contributed by atoms with Gasteiger partial charge in [0.1, 0.15) is 23.9 Å². The second-order valence-electron chi connectivity index (χ2n) is 4.64. The number of benzene rings is 2. The van der Waals surface area contributed by atoms with E-state index in [1.165, 1.54) is 18.2 Å². The summed E-state index contributed by atoms with van der Waals surface area (Å²) in [6.07, 6.45) is 0. The van der Waals surface area contributed by atoms with E-state index in [9.17, 15) is 9.18 Å². The number of carbonyl (C=O) groups excluding carboxylic acids is 1. The number of ether oxygens (including phenoxy) is 2. The molecule has 0 aliphatic carbocycles. The molecule has 1 N–H and O–H groups in total. The highest BCUT2D eigenvalue weighted by Crippen LogP contribution is 2.27. The summed E-state index contributed by atoms with van der Waals surface area (Å²) in [5, 5.41) is 3.58. The topological polar surface area (TPSA) is 47.6 Å².